The SMILES string of the molecule is Cc1nccn1-c1ccc(C(C)Nc2nnc(C(F)(F)F)s2)cc1. The lowest BCUT2D eigenvalue weighted by Crippen LogP contribution is -2.06. The molecular weight excluding hydrogens is 339 g/mol. The summed E-state index contributed by atoms with van der Waals surface area (Å²) in [6, 6.07) is 7.50. The third kappa shape index (κ3) is 3.40. The number of nitrogens with zero attached hydrogens (tertiary/aromatic N) is 4. The maximum Gasteiger partial charge on any atom is 0.445 e. The van der Waals surface area contributed by atoms with Crippen molar-refractivity contribution >= 4 is 16.5 Å². The molecule has 1 atom stereocenters. The molecule has 0 aliphatic heterocycles. The summed E-state index contributed by atoms with van der Waals surface area (Å²) in [7, 11) is 0. The Balaban J connectivity index is 1.72. The molecule has 0 spiro atoms. The molecular formula is C15H14F3N5S. The number of imidazole rings is 1. The van der Waals surface area contributed by atoms with E-state index >= 15 is 0 Å². The van der Waals surface area contributed by atoms with Gasteiger partial charge in [-0.3, -0.25) is 0 Å². The van der Waals surface area contributed by atoms with E-state index in [1.165, 1.54) is 0 Å². The molecule has 1 aromatic carbocycles. The Bertz CT molecular complexity index is 822. The molecule has 2 heterocycles. The second-order valence-electron chi connectivity index (χ2n) is 5.21. The highest BCUT2D eigenvalue weighted by Crippen LogP contribution is 2.34. The quantitative estimate of drug-likeness (QED) is 0.763. The molecule has 9 heteroatoms. The van der Waals surface area contributed by atoms with Crippen LogP contribution in [-0.2, 0) is 6.18 Å². The fourth-order valence-corrected chi connectivity index (χ4v) is 2.94. The van der Waals surface area contributed by atoms with Gasteiger partial charge in [0.15, 0.2) is 0 Å². The number of hydrogen-bond acceptors (Lipinski definition) is 5. The molecule has 3 aromatic rings. The van der Waals surface area contributed by atoms with E-state index in [9.17, 15) is 13.2 Å². The van der Waals surface area contributed by atoms with Crippen molar-refractivity contribution in [3.63, 3.8) is 0 Å². The predicted molar refractivity (Wildman–Crippen MR) is 85.2 cm³/mol. The summed E-state index contributed by atoms with van der Waals surface area (Å²) in [5, 5.41) is 8.83. The Morgan fingerprint density at radius 3 is 2.42 bits per heavy atom. The second kappa shape index (κ2) is 6.23. The van der Waals surface area contributed by atoms with Crippen LogP contribution in [0.3, 0.4) is 0 Å². The van der Waals surface area contributed by atoms with Crippen molar-refractivity contribution in [2.75, 3.05) is 5.32 Å². The fourth-order valence-electron chi connectivity index (χ4n) is 2.24. The zero-order valence-electron chi connectivity index (χ0n) is 12.9. The Hall–Kier alpha value is -2.42. The van der Waals surface area contributed by atoms with Gasteiger partial charge in [-0.15, -0.1) is 10.2 Å². The number of benzene rings is 1. The van der Waals surface area contributed by atoms with Gasteiger partial charge in [0.05, 0.1) is 6.04 Å². The van der Waals surface area contributed by atoms with Gasteiger partial charge >= 0.3 is 6.18 Å². The van der Waals surface area contributed by atoms with Gasteiger partial charge in [-0.05, 0) is 31.5 Å². The third-order valence-corrected chi connectivity index (χ3v) is 4.40. The molecule has 0 bridgehead atoms. The monoisotopic (exact) mass is 353 g/mol. The third-order valence-electron chi connectivity index (χ3n) is 3.50. The molecule has 0 aliphatic rings. The number of alkyl halides is 3. The van der Waals surface area contributed by atoms with E-state index in [2.05, 4.69) is 20.5 Å². The largest absolute Gasteiger partial charge is 0.445 e. The van der Waals surface area contributed by atoms with Crippen LogP contribution in [-0.4, -0.2) is 19.7 Å². The van der Waals surface area contributed by atoms with Crippen LogP contribution in [0.25, 0.3) is 5.69 Å². The molecule has 126 valence electrons. The average molecular weight is 353 g/mol. The van der Waals surface area contributed by atoms with Crippen LogP contribution in [0.5, 0.6) is 0 Å². The summed E-state index contributed by atoms with van der Waals surface area (Å²) in [5.41, 5.74) is 1.90. The van der Waals surface area contributed by atoms with E-state index in [-0.39, 0.29) is 11.2 Å². The number of nitrogens with one attached hydrogen (secondary N) is 1. The Kier molecular flexibility index (Phi) is 4.27. The van der Waals surface area contributed by atoms with Crippen molar-refractivity contribution in [2.24, 2.45) is 0 Å². The lowest BCUT2D eigenvalue weighted by molar-refractivity contribution is -0.138. The molecule has 0 saturated carbocycles. The van der Waals surface area contributed by atoms with E-state index in [1.54, 1.807) is 6.20 Å². The van der Waals surface area contributed by atoms with Gasteiger partial charge in [0.1, 0.15) is 5.82 Å². The minimum atomic E-state index is -4.47. The van der Waals surface area contributed by atoms with E-state index < -0.39 is 11.2 Å². The second-order valence-corrected chi connectivity index (χ2v) is 6.19. The first-order valence-electron chi connectivity index (χ1n) is 7.12. The van der Waals surface area contributed by atoms with Crippen LogP contribution >= 0.6 is 11.3 Å². The number of aromatic nitrogens is 4. The van der Waals surface area contributed by atoms with Crippen molar-refractivity contribution in [3.05, 3.63) is 53.1 Å². The van der Waals surface area contributed by atoms with Crippen LogP contribution in [0.15, 0.2) is 36.7 Å². The maximum atomic E-state index is 12.5. The summed E-state index contributed by atoms with van der Waals surface area (Å²) in [6.07, 6.45) is -0.877. The molecule has 1 unspecified atom stereocenters. The van der Waals surface area contributed by atoms with Crippen molar-refractivity contribution < 1.29 is 13.2 Å². The minimum absolute atomic E-state index is 0.143. The zero-order valence-corrected chi connectivity index (χ0v) is 13.7. The van der Waals surface area contributed by atoms with Crippen LogP contribution in [0, 0.1) is 6.92 Å². The summed E-state index contributed by atoms with van der Waals surface area (Å²) in [4.78, 5) is 4.17. The molecule has 2 aromatic heterocycles. The maximum absolute atomic E-state index is 12.5. The average Bonchev–Trinajstić information content (AvgIpc) is 3.16. The molecule has 0 saturated heterocycles. The molecule has 3 rings (SSSR count). The lowest BCUT2D eigenvalue weighted by atomic mass is 10.1. The number of halogens is 3. The number of anilines is 1. The van der Waals surface area contributed by atoms with Gasteiger partial charge in [0, 0.05) is 18.1 Å². The van der Waals surface area contributed by atoms with Crippen molar-refractivity contribution in [1.29, 1.82) is 0 Å². The molecule has 5 nitrogen and oxygen atoms in total. The number of hydrogen-bond donors (Lipinski definition) is 1. The molecule has 1 N–H and O–H groups in total. The first-order chi connectivity index (χ1) is 11.3. The normalized spacial score (nSPS) is 13.0. The zero-order chi connectivity index (χ0) is 17.3. The van der Waals surface area contributed by atoms with Crippen LogP contribution in [0.2, 0.25) is 0 Å². The topological polar surface area (TPSA) is 55.6 Å². The van der Waals surface area contributed by atoms with Crippen LogP contribution in [0.4, 0.5) is 18.3 Å². The lowest BCUT2D eigenvalue weighted by Gasteiger charge is -2.14. The molecule has 0 radical (unpaired) electrons. The van der Waals surface area contributed by atoms with Crippen molar-refractivity contribution in [1.82, 2.24) is 19.7 Å². The molecule has 0 fully saturated rings. The first kappa shape index (κ1) is 16.4. The summed E-state index contributed by atoms with van der Waals surface area (Å²) < 4.78 is 39.6. The van der Waals surface area contributed by atoms with Gasteiger partial charge in [-0.25, -0.2) is 4.98 Å². The molecule has 0 aliphatic carbocycles. The Morgan fingerprint density at radius 1 is 1.17 bits per heavy atom. The highest BCUT2D eigenvalue weighted by Gasteiger charge is 2.35. The summed E-state index contributed by atoms with van der Waals surface area (Å²) >= 11 is 0.495. The van der Waals surface area contributed by atoms with E-state index in [0.29, 0.717) is 11.3 Å². The van der Waals surface area contributed by atoms with Gasteiger partial charge in [-0.2, -0.15) is 13.2 Å². The van der Waals surface area contributed by atoms with Gasteiger partial charge < -0.3 is 9.88 Å². The van der Waals surface area contributed by atoms with Gasteiger partial charge in [0.25, 0.3) is 0 Å². The summed E-state index contributed by atoms with van der Waals surface area (Å²) in [5.74, 6) is 0.877. The predicted octanol–water partition coefficient (Wildman–Crippen LogP) is 4.22. The van der Waals surface area contributed by atoms with Crippen molar-refractivity contribution in [2.45, 2.75) is 26.1 Å². The summed E-state index contributed by atoms with van der Waals surface area (Å²) in [6.45, 7) is 3.76. The smallest absolute Gasteiger partial charge is 0.354 e. The highest BCUT2D eigenvalue weighted by molar-refractivity contribution is 7.15. The van der Waals surface area contributed by atoms with E-state index in [0.717, 1.165) is 17.1 Å². The van der Waals surface area contributed by atoms with Crippen molar-refractivity contribution in [3.8, 4) is 5.69 Å². The molecule has 24 heavy (non-hydrogen) atoms. The van der Waals surface area contributed by atoms with Crippen LogP contribution < -0.4 is 5.32 Å². The van der Waals surface area contributed by atoms with Gasteiger partial charge in [-0.1, -0.05) is 23.5 Å². The van der Waals surface area contributed by atoms with Gasteiger partial charge in [0.2, 0.25) is 10.1 Å². The fraction of sp³-hybridized carbons (Fsp3) is 0.267. The Morgan fingerprint density at radius 2 is 1.88 bits per heavy atom. The highest BCUT2D eigenvalue weighted by atomic mass is 32.1. The standard InChI is InChI=1S/C15H14F3N5S/c1-9(20-14-22-21-13(24-14)15(16,17)18)11-3-5-12(6-4-11)23-8-7-19-10(23)2/h3-9H,1-2H3,(H,20,22). The van der Waals surface area contributed by atoms with E-state index in [1.807, 2.05) is 48.9 Å². The number of rotatable bonds is 4. The van der Waals surface area contributed by atoms with Crippen LogP contribution in [0.1, 0.15) is 29.4 Å². The van der Waals surface area contributed by atoms with E-state index in [4.69, 9.17) is 0 Å². The molecule has 0 amide bonds. The number of aryl methyl sites for hydroxylation is 1. The Labute approximate surface area is 140 Å². The first-order valence-corrected chi connectivity index (χ1v) is 7.94. The minimum Gasteiger partial charge on any atom is -0.354 e.